The molecule has 142 valence electrons. The zero-order valence-electron chi connectivity index (χ0n) is 15.5. The van der Waals surface area contributed by atoms with Gasteiger partial charge in [0.15, 0.2) is 5.75 Å². The third-order valence-electron chi connectivity index (χ3n) is 4.80. The summed E-state index contributed by atoms with van der Waals surface area (Å²) in [6.45, 7) is 0. The summed E-state index contributed by atoms with van der Waals surface area (Å²) in [7, 11) is 1.58. The molecule has 0 amide bonds. The van der Waals surface area contributed by atoms with Crippen LogP contribution in [-0.4, -0.2) is 26.9 Å². The van der Waals surface area contributed by atoms with Crippen LogP contribution in [0.2, 0.25) is 0 Å². The number of nitrogens with two attached hydrogens (primary N) is 1. The number of rotatable bonds is 7. The van der Waals surface area contributed by atoms with Crippen molar-refractivity contribution < 1.29 is 4.74 Å². The molecule has 1 unspecified atom stereocenters. The van der Waals surface area contributed by atoms with Gasteiger partial charge in [0.2, 0.25) is 5.95 Å². The first-order chi connectivity index (χ1) is 13.7. The van der Waals surface area contributed by atoms with Crippen molar-refractivity contribution in [3.63, 3.8) is 0 Å². The molecule has 0 saturated heterocycles. The van der Waals surface area contributed by atoms with Gasteiger partial charge in [-0.25, -0.2) is 9.97 Å². The van der Waals surface area contributed by atoms with E-state index < -0.39 is 0 Å². The van der Waals surface area contributed by atoms with Crippen LogP contribution in [0.25, 0.3) is 11.3 Å². The molecule has 1 aromatic carbocycles. The second-order valence-corrected chi connectivity index (χ2v) is 6.84. The van der Waals surface area contributed by atoms with Gasteiger partial charge < -0.3 is 15.8 Å². The van der Waals surface area contributed by atoms with E-state index in [-0.39, 0.29) is 6.04 Å². The summed E-state index contributed by atoms with van der Waals surface area (Å²) in [5.41, 5.74) is 8.74. The highest BCUT2D eigenvalue weighted by atomic mass is 16.5. The monoisotopic (exact) mass is 375 g/mol. The first-order valence-electron chi connectivity index (χ1n) is 9.13. The lowest BCUT2D eigenvalue weighted by Gasteiger charge is -2.13. The third-order valence-corrected chi connectivity index (χ3v) is 4.80. The predicted octanol–water partition coefficient (Wildman–Crippen LogP) is 3.54. The molecule has 1 aliphatic carbocycles. The van der Waals surface area contributed by atoms with Crippen molar-refractivity contribution in [2.45, 2.75) is 25.3 Å². The van der Waals surface area contributed by atoms with Crippen LogP contribution in [0.1, 0.15) is 25.3 Å². The van der Waals surface area contributed by atoms with Gasteiger partial charge in [-0.2, -0.15) is 10.4 Å². The fraction of sp³-hybridized carbons (Fsp3) is 0.300. The fourth-order valence-electron chi connectivity index (χ4n) is 3.23. The first kappa shape index (κ1) is 17.8. The van der Waals surface area contributed by atoms with Gasteiger partial charge >= 0.3 is 0 Å². The number of methoxy groups -OCH3 is 1. The highest BCUT2D eigenvalue weighted by Crippen LogP contribution is 2.41. The molecule has 1 fully saturated rings. The van der Waals surface area contributed by atoms with Crippen LogP contribution in [0, 0.1) is 17.2 Å². The number of aromatic nitrogens is 4. The van der Waals surface area contributed by atoms with E-state index in [0.717, 1.165) is 24.1 Å². The largest absolute Gasteiger partial charge is 0.493 e. The summed E-state index contributed by atoms with van der Waals surface area (Å²) in [5.74, 6) is 1.52. The van der Waals surface area contributed by atoms with Crippen LogP contribution in [0.3, 0.4) is 0 Å². The van der Waals surface area contributed by atoms with Crippen molar-refractivity contribution in [1.82, 2.24) is 19.7 Å². The molecule has 0 aliphatic heterocycles. The maximum atomic E-state index is 9.13. The maximum Gasteiger partial charge on any atom is 0.227 e. The molecule has 0 spiro atoms. The number of anilines is 3. The van der Waals surface area contributed by atoms with Crippen molar-refractivity contribution in [2.75, 3.05) is 18.2 Å². The summed E-state index contributed by atoms with van der Waals surface area (Å²) in [6, 6.07) is 9.76. The number of hydrogen-bond acceptors (Lipinski definition) is 7. The molecule has 8 heteroatoms. The average Bonchev–Trinajstić information content (AvgIpc) is 3.42. The van der Waals surface area contributed by atoms with Gasteiger partial charge in [0.25, 0.3) is 0 Å². The van der Waals surface area contributed by atoms with E-state index in [1.54, 1.807) is 19.5 Å². The molecular weight excluding hydrogens is 354 g/mol. The van der Waals surface area contributed by atoms with Crippen LogP contribution < -0.4 is 15.8 Å². The zero-order valence-corrected chi connectivity index (χ0v) is 15.5. The molecular formula is C20H21N7O. The van der Waals surface area contributed by atoms with E-state index in [1.807, 2.05) is 35.1 Å². The molecule has 3 N–H and O–H groups in total. The SMILES string of the molecule is COc1cnc(Nc2cccc(N)c2)nc1-c1cnn(C(CC#N)C2CC2)c1. The first-order valence-corrected chi connectivity index (χ1v) is 9.13. The third kappa shape index (κ3) is 3.74. The molecule has 4 rings (SSSR count). The highest BCUT2D eigenvalue weighted by molar-refractivity contribution is 5.67. The van der Waals surface area contributed by atoms with E-state index in [9.17, 15) is 0 Å². The fourth-order valence-corrected chi connectivity index (χ4v) is 3.23. The minimum atomic E-state index is 0.108. The second-order valence-electron chi connectivity index (χ2n) is 6.84. The number of hydrogen-bond donors (Lipinski definition) is 2. The lowest BCUT2D eigenvalue weighted by atomic mass is 10.1. The molecule has 2 aromatic heterocycles. The van der Waals surface area contributed by atoms with Crippen molar-refractivity contribution in [3.8, 4) is 23.1 Å². The predicted molar refractivity (Wildman–Crippen MR) is 106 cm³/mol. The van der Waals surface area contributed by atoms with E-state index in [1.165, 1.54) is 0 Å². The summed E-state index contributed by atoms with van der Waals surface area (Å²) in [6.07, 6.45) is 8.05. The van der Waals surface area contributed by atoms with E-state index in [0.29, 0.717) is 35.4 Å². The number of nitrogen functional groups attached to an aromatic ring is 1. The number of nitrogens with one attached hydrogen (secondary N) is 1. The Hall–Kier alpha value is -3.60. The van der Waals surface area contributed by atoms with Crippen molar-refractivity contribution in [2.24, 2.45) is 5.92 Å². The molecule has 3 aromatic rings. The van der Waals surface area contributed by atoms with Crippen molar-refractivity contribution in [1.29, 1.82) is 5.26 Å². The van der Waals surface area contributed by atoms with Crippen LogP contribution >= 0.6 is 0 Å². The van der Waals surface area contributed by atoms with Crippen LogP contribution in [0.15, 0.2) is 42.9 Å². The van der Waals surface area contributed by atoms with Crippen LogP contribution in [0.4, 0.5) is 17.3 Å². The summed E-state index contributed by atoms with van der Waals surface area (Å²) < 4.78 is 7.32. The highest BCUT2D eigenvalue weighted by Gasteiger charge is 2.33. The van der Waals surface area contributed by atoms with Crippen LogP contribution in [0.5, 0.6) is 5.75 Å². The van der Waals surface area contributed by atoms with Crippen molar-refractivity contribution in [3.05, 3.63) is 42.9 Å². The molecule has 8 nitrogen and oxygen atoms in total. The average molecular weight is 375 g/mol. The lowest BCUT2D eigenvalue weighted by molar-refractivity contribution is 0.411. The molecule has 1 saturated carbocycles. The Morgan fingerprint density at radius 3 is 2.96 bits per heavy atom. The van der Waals surface area contributed by atoms with Gasteiger partial charge in [-0.15, -0.1) is 0 Å². The molecule has 0 bridgehead atoms. The number of ether oxygens (including phenoxy) is 1. The molecule has 2 heterocycles. The lowest BCUT2D eigenvalue weighted by Crippen LogP contribution is -2.11. The Bertz CT molecular complexity index is 1020. The quantitative estimate of drug-likeness (QED) is 0.607. The Kier molecular flexibility index (Phi) is 4.81. The molecule has 1 atom stereocenters. The van der Waals surface area contributed by atoms with E-state index in [4.69, 9.17) is 15.7 Å². The minimum Gasteiger partial charge on any atom is -0.493 e. The number of benzene rings is 1. The van der Waals surface area contributed by atoms with E-state index in [2.05, 4.69) is 26.5 Å². The maximum absolute atomic E-state index is 9.13. The Labute approximate surface area is 163 Å². The Morgan fingerprint density at radius 2 is 2.25 bits per heavy atom. The molecule has 0 radical (unpaired) electrons. The Balaban J connectivity index is 1.64. The molecule has 1 aliphatic rings. The Morgan fingerprint density at radius 1 is 1.39 bits per heavy atom. The number of nitrogens with zero attached hydrogens (tertiary/aromatic N) is 5. The number of nitriles is 1. The summed E-state index contributed by atoms with van der Waals surface area (Å²) in [4.78, 5) is 8.92. The van der Waals surface area contributed by atoms with Gasteiger partial charge in [-0.05, 0) is 37.0 Å². The normalized spacial score (nSPS) is 14.3. The van der Waals surface area contributed by atoms with Gasteiger partial charge in [0.05, 0.1) is 38.0 Å². The summed E-state index contributed by atoms with van der Waals surface area (Å²) >= 11 is 0. The second kappa shape index (κ2) is 7.56. The topological polar surface area (TPSA) is 115 Å². The standard InChI is InChI=1S/C20H21N7O/c1-28-18-11-23-20(25-16-4-2-3-15(22)9-16)26-19(18)14-10-24-27(12-14)17(7-8-21)13-5-6-13/h2-4,9-13,17H,5-7,22H2,1H3,(H,23,25,26). The minimum absolute atomic E-state index is 0.108. The van der Waals surface area contributed by atoms with E-state index >= 15 is 0 Å². The smallest absolute Gasteiger partial charge is 0.227 e. The zero-order chi connectivity index (χ0) is 19.5. The van der Waals surface area contributed by atoms with Gasteiger partial charge in [0, 0.05) is 23.1 Å². The molecule has 28 heavy (non-hydrogen) atoms. The van der Waals surface area contributed by atoms with Gasteiger partial charge in [-0.1, -0.05) is 6.07 Å². The van der Waals surface area contributed by atoms with Gasteiger partial charge in [-0.3, -0.25) is 4.68 Å². The summed E-state index contributed by atoms with van der Waals surface area (Å²) in [5, 5.41) is 16.8. The van der Waals surface area contributed by atoms with Crippen LogP contribution in [-0.2, 0) is 0 Å². The van der Waals surface area contributed by atoms with Crippen molar-refractivity contribution >= 4 is 17.3 Å². The van der Waals surface area contributed by atoms with Gasteiger partial charge in [0.1, 0.15) is 5.69 Å².